The quantitative estimate of drug-likeness (QED) is 0.772. The number of ether oxygens (including phenoxy) is 2. The largest absolute Gasteiger partial charge is 0.384 e. The number of carbonyl (C=O) groups excluding carboxylic acids is 2. The molecule has 26 heavy (non-hydrogen) atoms. The molecule has 2 aliphatic rings. The molecule has 2 heterocycles. The van der Waals surface area contributed by atoms with Crippen molar-refractivity contribution >= 4 is 11.8 Å². The molecule has 0 spiro atoms. The second-order valence-corrected chi connectivity index (χ2v) is 7.47. The van der Waals surface area contributed by atoms with E-state index in [1.54, 1.807) is 14.0 Å². The molecule has 1 aromatic carbocycles. The number of hydrogen-bond donors (Lipinski definition) is 0. The SMILES string of the molecule is COC[C@@]12CN(C(C)=O)CC[C@@H]1CN(C(=O)COCc1ccccc1)C2. The Morgan fingerprint density at radius 3 is 2.62 bits per heavy atom. The summed E-state index contributed by atoms with van der Waals surface area (Å²) in [6, 6.07) is 9.85. The summed E-state index contributed by atoms with van der Waals surface area (Å²) in [5.74, 6) is 0.478. The van der Waals surface area contributed by atoms with Crippen LogP contribution in [0, 0.1) is 11.3 Å². The van der Waals surface area contributed by atoms with E-state index >= 15 is 0 Å². The lowest BCUT2D eigenvalue weighted by atomic mass is 9.74. The van der Waals surface area contributed by atoms with Gasteiger partial charge in [0.2, 0.25) is 11.8 Å². The summed E-state index contributed by atoms with van der Waals surface area (Å²) in [6.45, 7) is 5.47. The van der Waals surface area contributed by atoms with Crippen LogP contribution in [0.1, 0.15) is 18.9 Å². The normalized spacial score (nSPS) is 25.2. The summed E-state index contributed by atoms with van der Waals surface area (Å²) in [6.07, 6.45) is 0.914. The number of fused-ring (bicyclic) bond motifs is 1. The van der Waals surface area contributed by atoms with Crippen molar-refractivity contribution < 1.29 is 19.1 Å². The summed E-state index contributed by atoms with van der Waals surface area (Å²) >= 11 is 0. The van der Waals surface area contributed by atoms with Crippen LogP contribution in [0.3, 0.4) is 0 Å². The zero-order valence-corrected chi connectivity index (χ0v) is 15.6. The Morgan fingerprint density at radius 2 is 1.92 bits per heavy atom. The van der Waals surface area contributed by atoms with Crippen molar-refractivity contribution in [2.45, 2.75) is 20.0 Å². The van der Waals surface area contributed by atoms with E-state index in [0.717, 1.165) is 25.1 Å². The lowest BCUT2D eigenvalue weighted by Gasteiger charge is -2.43. The fourth-order valence-corrected chi connectivity index (χ4v) is 4.26. The predicted octanol–water partition coefficient (Wildman–Crippen LogP) is 1.55. The average molecular weight is 360 g/mol. The number of likely N-dealkylation sites (tertiary alicyclic amines) is 2. The monoisotopic (exact) mass is 360 g/mol. The van der Waals surface area contributed by atoms with Crippen LogP contribution >= 0.6 is 0 Å². The van der Waals surface area contributed by atoms with Gasteiger partial charge in [-0.1, -0.05) is 30.3 Å². The van der Waals surface area contributed by atoms with Gasteiger partial charge in [-0.25, -0.2) is 0 Å². The van der Waals surface area contributed by atoms with Gasteiger partial charge in [-0.05, 0) is 17.9 Å². The Balaban J connectivity index is 1.58. The van der Waals surface area contributed by atoms with Crippen molar-refractivity contribution in [3.8, 4) is 0 Å². The minimum absolute atomic E-state index is 0.0141. The summed E-state index contributed by atoms with van der Waals surface area (Å²) in [4.78, 5) is 28.2. The lowest BCUT2D eigenvalue weighted by Crippen LogP contribution is -2.52. The predicted molar refractivity (Wildman–Crippen MR) is 97.3 cm³/mol. The van der Waals surface area contributed by atoms with Crippen LogP contribution in [0.4, 0.5) is 0 Å². The van der Waals surface area contributed by atoms with Gasteiger partial charge in [0.15, 0.2) is 0 Å². The first-order valence-corrected chi connectivity index (χ1v) is 9.18. The van der Waals surface area contributed by atoms with E-state index in [1.165, 1.54) is 0 Å². The van der Waals surface area contributed by atoms with E-state index in [4.69, 9.17) is 9.47 Å². The molecule has 142 valence electrons. The molecule has 6 heteroatoms. The summed E-state index contributed by atoms with van der Waals surface area (Å²) in [5.41, 5.74) is 0.900. The Bertz CT molecular complexity index is 636. The smallest absolute Gasteiger partial charge is 0.248 e. The molecule has 0 saturated carbocycles. The number of hydrogen-bond acceptors (Lipinski definition) is 4. The van der Waals surface area contributed by atoms with Gasteiger partial charge in [0, 0.05) is 45.6 Å². The van der Waals surface area contributed by atoms with Crippen molar-refractivity contribution in [3.63, 3.8) is 0 Å². The van der Waals surface area contributed by atoms with Gasteiger partial charge in [0.1, 0.15) is 6.61 Å². The fraction of sp³-hybridized carbons (Fsp3) is 0.600. The molecular formula is C20H28N2O4. The molecule has 2 saturated heterocycles. The standard InChI is InChI=1S/C20H28N2O4/c1-16(23)21-9-8-18-10-22(14-20(18,13-21)15-25-2)19(24)12-26-11-17-6-4-3-5-7-17/h3-7,18H,8-15H2,1-2H3/t18-,20+/m1/s1. The highest BCUT2D eigenvalue weighted by molar-refractivity contribution is 5.78. The molecule has 0 N–H and O–H groups in total. The van der Waals surface area contributed by atoms with Gasteiger partial charge in [-0.2, -0.15) is 0 Å². The van der Waals surface area contributed by atoms with Gasteiger partial charge < -0.3 is 19.3 Å². The first-order chi connectivity index (χ1) is 12.5. The van der Waals surface area contributed by atoms with Gasteiger partial charge in [0.25, 0.3) is 0 Å². The van der Waals surface area contributed by atoms with Gasteiger partial charge >= 0.3 is 0 Å². The van der Waals surface area contributed by atoms with Crippen LogP contribution in [0.2, 0.25) is 0 Å². The number of rotatable bonds is 6. The van der Waals surface area contributed by atoms with Crippen molar-refractivity contribution in [1.82, 2.24) is 9.80 Å². The Labute approximate surface area is 155 Å². The molecule has 1 aromatic rings. The Morgan fingerprint density at radius 1 is 1.19 bits per heavy atom. The molecular weight excluding hydrogens is 332 g/mol. The minimum atomic E-state index is -0.159. The van der Waals surface area contributed by atoms with E-state index in [1.807, 2.05) is 40.1 Å². The second kappa shape index (κ2) is 8.18. The first kappa shape index (κ1) is 18.9. The third-order valence-corrected chi connectivity index (χ3v) is 5.63. The number of methoxy groups -OCH3 is 1. The molecule has 0 bridgehead atoms. The number of amides is 2. The maximum atomic E-state index is 12.6. The summed E-state index contributed by atoms with van der Waals surface area (Å²) < 4.78 is 11.1. The van der Waals surface area contributed by atoms with Crippen LogP contribution in [-0.2, 0) is 25.7 Å². The lowest BCUT2D eigenvalue weighted by molar-refractivity contribution is -0.136. The molecule has 2 fully saturated rings. The number of nitrogens with zero attached hydrogens (tertiary/aromatic N) is 2. The topological polar surface area (TPSA) is 59.1 Å². The summed E-state index contributed by atoms with van der Waals surface area (Å²) in [7, 11) is 1.69. The Hall–Kier alpha value is -1.92. The van der Waals surface area contributed by atoms with Crippen LogP contribution in [0.25, 0.3) is 0 Å². The van der Waals surface area contributed by atoms with E-state index in [-0.39, 0.29) is 23.8 Å². The fourth-order valence-electron chi connectivity index (χ4n) is 4.26. The number of benzene rings is 1. The maximum absolute atomic E-state index is 12.6. The van der Waals surface area contributed by atoms with Gasteiger partial charge in [-0.3, -0.25) is 9.59 Å². The average Bonchev–Trinajstić information content (AvgIpc) is 3.01. The highest BCUT2D eigenvalue weighted by Gasteiger charge is 2.51. The highest BCUT2D eigenvalue weighted by atomic mass is 16.5. The maximum Gasteiger partial charge on any atom is 0.248 e. The minimum Gasteiger partial charge on any atom is -0.384 e. The van der Waals surface area contributed by atoms with Crippen LogP contribution in [0.15, 0.2) is 30.3 Å². The summed E-state index contributed by atoms with van der Waals surface area (Å²) in [5, 5.41) is 0. The van der Waals surface area contributed by atoms with Crippen molar-refractivity contribution in [3.05, 3.63) is 35.9 Å². The molecule has 0 radical (unpaired) electrons. The van der Waals surface area contributed by atoms with Crippen molar-refractivity contribution in [2.75, 3.05) is 46.5 Å². The Kier molecular flexibility index (Phi) is 5.94. The molecule has 0 aliphatic carbocycles. The third kappa shape index (κ3) is 4.07. The zero-order valence-electron chi connectivity index (χ0n) is 15.6. The number of carbonyl (C=O) groups is 2. The van der Waals surface area contributed by atoms with Crippen LogP contribution in [-0.4, -0.2) is 68.1 Å². The molecule has 3 rings (SSSR count). The number of piperidine rings is 1. The van der Waals surface area contributed by atoms with E-state index in [9.17, 15) is 9.59 Å². The van der Waals surface area contributed by atoms with Crippen molar-refractivity contribution in [1.29, 1.82) is 0 Å². The molecule has 0 aromatic heterocycles. The molecule has 0 unspecified atom stereocenters. The molecule has 2 amide bonds. The second-order valence-electron chi connectivity index (χ2n) is 7.47. The first-order valence-electron chi connectivity index (χ1n) is 9.18. The van der Waals surface area contributed by atoms with Gasteiger partial charge in [0.05, 0.1) is 13.2 Å². The zero-order chi connectivity index (χ0) is 18.6. The van der Waals surface area contributed by atoms with E-state index in [2.05, 4.69) is 0 Å². The molecule has 6 nitrogen and oxygen atoms in total. The molecule has 2 aliphatic heterocycles. The third-order valence-electron chi connectivity index (χ3n) is 5.63. The van der Waals surface area contributed by atoms with Crippen molar-refractivity contribution in [2.24, 2.45) is 11.3 Å². The van der Waals surface area contributed by atoms with Gasteiger partial charge in [-0.15, -0.1) is 0 Å². The van der Waals surface area contributed by atoms with Crippen LogP contribution < -0.4 is 0 Å². The van der Waals surface area contributed by atoms with E-state index in [0.29, 0.717) is 32.2 Å². The van der Waals surface area contributed by atoms with E-state index < -0.39 is 0 Å². The highest BCUT2D eigenvalue weighted by Crippen LogP contribution is 2.42. The van der Waals surface area contributed by atoms with Crippen LogP contribution in [0.5, 0.6) is 0 Å². The molecule has 2 atom stereocenters.